The van der Waals surface area contributed by atoms with Gasteiger partial charge >= 0.3 is 0 Å². The van der Waals surface area contributed by atoms with Crippen LogP contribution in [0.1, 0.15) is 18.1 Å². The van der Waals surface area contributed by atoms with E-state index in [0.717, 1.165) is 40.4 Å². The van der Waals surface area contributed by atoms with Crippen molar-refractivity contribution in [2.24, 2.45) is 10.2 Å². The summed E-state index contributed by atoms with van der Waals surface area (Å²) in [7, 11) is 0. The number of azo groups is 1. The molecule has 2 aromatic carbocycles. The van der Waals surface area contributed by atoms with E-state index < -0.39 is 0 Å². The lowest BCUT2D eigenvalue weighted by molar-refractivity contribution is 1.10. The van der Waals surface area contributed by atoms with Gasteiger partial charge in [0.25, 0.3) is 0 Å². The first kappa shape index (κ1) is 16.2. The first-order valence-corrected chi connectivity index (χ1v) is 8.79. The average molecular weight is 340 g/mol. The van der Waals surface area contributed by atoms with Crippen LogP contribution in [0.2, 0.25) is 0 Å². The summed E-state index contributed by atoms with van der Waals surface area (Å²) in [5.74, 6) is 0.742. The Morgan fingerprint density at radius 1 is 0.923 bits per heavy atom. The number of imidazole rings is 1. The number of aromatic nitrogens is 2. The van der Waals surface area contributed by atoms with Crippen LogP contribution < -0.4 is 0 Å². The summed E-state index contributed by atoms with van der Waals surface area (Å²) in [5.41, 5.74) is 6.05. The molecule has 0 aliphatic carbocycles. The minimum atomic E-state index is 0.742. The van der Waals surface area contributed by atoms with E-state index in [4.69, 9.17) is 4.98 Å². The second-order valence-corrected chi connectivity index (χ2v) is 6.30. The van der Waals surface area contributed by atoms with Crippen molar-refractivity contribution in [3.05, 3.63) is 84.1 Å². The molecule has 0 bridgehead atoms. The Bertz CT molecular complexity index is 1070. The lowest BCUT2D eigenvalue weighted by atomic mass is 10.1. The van der Waals surface area contributed by atoms with Crippen LogP contribution in [0.25, 0.3) is 16.9 Å². The second kappa shape index (κ2) is 6.92. The van der Waals surface area contributed by atoms with Gasteiger partial charge in [0.15, 0.2) is 5.82 Å². The zero-order chi connectivity index (χ0) is 17.9. The Morgan fingerprint density at radius 3 is 2.54 bits per heavy atom. The van der Waals surface area contributed by atoms with Crippen LogP contribution in [0.3, 0.4) is 0 Å². The van der Waals surface area contributed by atoms with E-state index in [-0.39, 0.29) is 0 Å². The van der Waals surface area contributed by atoms with E-state index >= 15 is 0 Å². The molecule has 0 saturated carbocycles. The third-order valence-corrected chi connectivity index (χ3v) is 4.40. The van der Waals surface area contributed by atoms with Crippen molar-refractivity contribution in [3.8, 4) is 11.3 Å². The molecule has 26 heavy (non-hydrogen) atoms. The minimum Gasteiger partial charge on any atom is -0.283 e. The third-order valence-electron chi connectivity index (χ3n) is 4.40. The van der Waals surface area contributed by atoms with Crippen LogP contribution in [0.5, 0.6) is 0 Å². The smallest absolute Gasteiger partial charge is 0.187 e. The Balaban J connectivity index is 1.83. The highest BCUT2D eigenvalue weighted by Gasteiger charge is 2.13. The van der Waals surface area contributed by atoms with Gasteiger partial charge in [-0.1, -0.05) is 49.4 Å². The first-order chi connectivity index (χ1) is 12.7. The number of aryl methyl sites for hydroxylation is 2. The van der Waals surface area contributed by atoms with Crippen molar-refractivity contribution in [1.29, 1.82) is 0 Å². The summed E-state index contributed by atoms with van der Waals surface area (Å²) >= 11 is 0. The number of hydrogen-bond acceptors (Lipinski definition) is 3. The van der Waals surface area contributed by atoms with Gasteiger partial charge in [-0.2, -0.15) is 0 Å². The molecule has 4 aromatic rings. The molecule has 0 radical (unpaired) electrons. The standard InChI is InChI=1S/C22H20N4/c1-3-17-10-12-18(13-11-17)21-22(26-14-5-4-9-20(26)23-21)25-24-19-8-6-7-16(2)15-19/h4-15H,3H2,1-2H3. The summed E-state index contributed by atoms with van der Waals surface area (Å²) in [4.78, 5) is 4.78. The fourth-order valence-electron chi connectivity index (χ4n) is 2.97. The molecule has 0 aliphatic heterocycles. The number of nitrogens with zero attached hydrogens (tertiary/aromatic N) is 4. The quantitative estimate of drug-likeness (QED) is 0.403. The zero-order valence-corrected chi connectivity index (χ0v) is 14.9. The maximum absolute atomic E-state index is 4.78. The van der Waals surface area contributed by atoms with Crippen molar-refractivity contribution in [1.82, 2.24) is 9.38 Å². The van der Waals surface area contributed by atoms with Crippen LogP contribution in [0.15, 0.2) is 83.2 Å². The van der Waals surface area contributed by atoms with Gasteiger partial charge < -0.3 is 0 Å². The molecule has 0 atom stereocenters. The van der Waals surface area contributed by atoms with Gasteiger partial charge in [0, 0.05) is 11.8 Å². The number of pyridine rings is 1. The Labute approximate surface area is 152 Å². The molecule has 2 aromatic heterocycles. The molecule has 0 unspecified atom stereocenters. The fourth-order valence-corrected chi connectivity index (χ4v) is 2.97. The number of rotatable bonds is 4. The minimum absolute atomic E-state index is 0.742. The largest absolute Gasteiger partial charge is 0.283 e. The van der Waals surface area contributed by atoms with E-state index in [0.29, 0.717) is 0 Å². The fraction of sp³-hybridized carbons (Fsp3) is 0.136. The molecule has 0 saturated heterocycles. The predicted octanol–water partition coefficient (Wildman–Crippen LogP) is 6.29. The van der Waals surface area contributed by atoms with Crippen molar-refractivity contribution < 1.29 is 0 Å². The van der Waals surface area contributed by atoms with E-state index in [1.54, 1.807) is 0 Å². The van der Waals surface area contributed by atoms with E-state index in [9.17, 15) is 0 Å². The topological polar surface area (TPSA) is 42.0 Å². The lowest BCUT2D eigenvalue weighted by Crippen LogP contribution is -1.83. The van der Waals surface area contributed by atoms with Crippen LogP contribution in [-0.2, 0) is 6.42 Å². The SMILES string of the molecule is CCc1ccc(-c2nc3ccccn3c2N=Nc2cccc(C)c2)cc1. The van der Waals surface area contributed by atoms with Gasteiger partial charge in [0.2, 0.25) is 0 Å². The number of fused-ring (bicyclic) bond motifs is 1. The maximum Gasteiger partial charge on any atom is 0.187 e. The normalized spacial score (nSPS) is 11.5. The highest BCUT2D eigenvalue weighted by Crippen LogP contribution is 2.32. The molecule has 0 amide bonds. The first-order valence-electron chi connectivity index (χ1n) is 8.79. The van der Waals surface area contributed by atoms with Crippen LogP contribution in [0, 0.1) is 6.92 Å². The molecule has 4 heteroatoms. The highest BCUT2D eigenvalue weighted by atomic mass is 15.2. The molecule has 128 valence electrons. The van der Waals surface area contributed by atoms with Gasteiger partial charge in [-0.15, -0.1) is 10.2 Å². The van der Waals surface area contributed by atoms with E-state index in [1.807, 2.05) is 60.0 Å². The number of hydrogen-bond donors (Lipinski definition) is 0. The Hall–Kier alpha value is -3.27. The zero-order valence-electron chi connectivity index (χ0n) is 14.9. The molecule has 0 N–H and O–H groups in total. The summed E-state index contributed by atoms with van der Waals surface area (Å²) in [5, 5.41) is 8.99. The van der Waals surface area contributed by atoms with E-state index in [1.165, 1.54) is 5.56 Å². The highest BCUT2D eigenvalue weighted by molar-refractivity contribution is 5.74. The molecule has 0 spiro atoms. The molecular weight excluding hydrogens is 320 g/mol. The van der Waals surface area contributed by atoms with Gasteiger partial charge in [-0.05, 0) is 48.7 Å². The Kier molecular flexibility index (Phi) is 4.32. The van der Waals surface area contributed by atoms with Crippen LogP contribution in [-0.4, -0.2) is 9.38 Å². The van der Waals surface area contributed by atoms with Gasteiger partial charge in [-0.3, -0.25) is 4.40 Å². The van der Waals surface area contributed by atoms with Crippen molar-refractivity contribution in [2.75, 3.05) is 0 Å². The predicted molar refractivity (Wildman–Crippen MR) is 105 cm³/mol. The third kappa shape index (κ3) is 3.14. The van der Waals surface area contributed by atoms with Gasteiger partial charge in [0.05, 0.1) is 5.69 Å². The van der Waals surface area contributed by atoms with Gasteiger partial charge in [0.1, 0.15) is 11.3 Å². The summed E-state index contributed by atoms with van der Waals surface area (Å²) in [6.07, 6.45) is 2.99. The molecule has 0 fully saturated rings. The van der Waals surface area contributed by atoms with Crippen LogP contribution >= 0.6 is 0 Å². The van der Waals surface area contributed by atoms with E-state index in [2.05, 4.69) is 41.4 Å². The number of benzene rings is 2. The van der Waals surface area contributed by atoms with Gasteiger partial charge in [-0.25, -0.2) is 4.98 Å². The monoisotopic (exact) mass is 340 g/mol. The molecule has 0 aliphatic rings. The average Bonchev–Trinajstić information content (AvgIpc) is 3.05. The summed E-state index contributed by atoms with van der Waals surface area (Å²) < 4.78 is 1.97. The molecule has 2 heterocycles. The summed E-state index contributed by atoms with van der Waals surface area (Å²) in [6.45, 7) is 4.20. The molecule has 4 nitrogen and oxygen atoms in total. The van der Waals surface area contributed by atoms with Crippen molar-refractivity contribution in [2.45, 2.75) is 20.3 Å². The molecular formula is C22H20N4. The van der Waals surface area contributed by atoms with Crippen molar-refractivity contribution >= 4 is 17.2 Å². The second-order valence-electron chi connectivity index (χ2n) is 6.30. The lowest BCUT2D eigenvalue weighted by Gasteiger charge is -2.02. The molecule has 4 rings (SSSR count). The van der Waals surface area contributed by atoms with Crippen molar-refractivity contribution in [3.63, 3.8) is 0 Å². The Morgan fingerprint density at radius 2 is 1.77 bits per heavy atom. The summed E-state index contributed by atoms with van der Waals surface area (Å²) in [6, 6.07) is 22.4. The maximum atomic E-state index is 4.78. The van der Waals surface area contributed by atoms with Crippen LogP contribution in [0.4, 0.5) is 11.5 Å².